The van der Waals surface area contributed by atoms with Crippen molar-refractivity contribution in [1.29, 1.82) is 0 Å². The molecule has 0 saturated heterocycles. The molecule has 1 N–H and O–H groups in total. The summed E-state index contributed by atoms with van der Waals surface area (Å²) in [5, 5.41) is 3.44. The molecule has 3 aromatic rings. The molecular weight excluding hydrogens is 459 g/mol. The summed E-state index contributed by atoms with van der Waals surface area (Å²) in [6, 6.07) is 18.3. The van der Waals surface area contributed by atoms with E-state index in [2.05, 4.69) is 5.32 Å². The van der Waals surface area contributed by atoms with Gasteiger partial charge in [-0.3, -0.25) is 4.79 Å². The molecule has 0 aliphatic rings. The molecule has 174 valence electrons. The van der Waals surface area contributed by atoms with Crippen molar-refractivity contribution in [2.75, 3.05) is 18.4 Å². The van der Waals surface area contributed by atoms with Gasteiger partial charge in [0.2, 0.25) is 5.91 Å². The van der Waals surface area contributed by atoms with Gasteiger partial charge in [0.1, 0.15) is 6.54 Å². The first-order valence-electron chi connectivity index (χ1n) is 10.8. The van der Waals surface area contributed by atoms with Crippen molar-refractivity contribution in [2.45, 2.75) is 26.4 Å². The SMILES string of the molecule is CCCN(CC(=O)N(Cc1ccccc1)Cc1cccn1C)C(=O)Nc1c(Cl)cccc1Cl. The van der Waals surface area contributed by atoms with E-state index in [4.69, 9.17) is 23.2 Å². The number of amides is 3. The maximum atomic E-state index is 13.4. The van der Waals surface area contributed by atoms with Crippen LogP contribution in [0.25, 0.3) is 0 Å². The quantitative estimate of drug-likeness (QED) is 0.415. The molecule has 1 heterocycles. The molecular formula is C25H28Cl2N4O2. The first kappa shape index (κ1) is 24.7. The third kappa shape index (κ3) is 6.76. The fourth-order valence-electron chi connectivity index (χ4n) is 3.48. The molecule has 0 bridgehead atoms. The van der Waals surface area contributed by atoms with Crippen molar-refractivity contribution in [1.82, 2.24) is 14.4 Å². The highest BCUT2D eigenvalue weighted by Crippen LogP contribution is 2.30. The number of aryl methyl sites for hydroxylation is 1. The molecule has 0 atom stereocenters. The normalized spacial score (nSPS) is 10.7. The van der Waals surface area contributed by atoms with Gasteiger partial charge in [-0.2, -0.15) is 0 Å². The minimum Gasteiger partial charge on any atom is -0.353 e. The first-order valence-corrected chi connectivity index (χ1v) is 11.6. The number of hydrogen-bond acceptors (Lipinski definition) is 2. The topological polar surface area (TPSA) is 57.6 Å². The molecule has 33 heavy (non-hydrogen) atoms. The van der Waals surface area contributed by atoms with Gasteiger partial charge in [-0.1, -0.05) is 66.5 Å². The first-order chi connectivity index (χ1) is 15.9. The minimum atomic E-state index is -0.418. The van der Waals surface area contributed by atoms with Gasteiger partial charge < -0.3 is 19.7 Å². The standard InChI is InChI=1S/C25H28Cl2N4O2/c1-3-14-30(25(33)28-24-21(26)12-7-13-22(24)27)18-23(32)31(16-19-9-5-4-6-10-19)17-20-11-8-15-29(20)2/h4-13,15H,3,14,16-18H2,1-2H3,(H,28,33). The Hall–Kier alpha value is -2.96. The largest absolute Gasteiger partial charge is 0.353 e. The number of hydrogen-bond donors (Lipinski definition) is 1. The summed E-state index contributed by atoms with van der Waals surface area (Å²) in [6.07, 6.45) is 2.65. The van der Waals surface area contributed by atoms with Crippen LogP contribution in [-0.2, 0) is 24.9 Å². The number of carbonyl (C=O) groups excluding carboxylic acids is 2. The van der Waals surface area contributed by atoms with E-state index in [-0.39, 0.29) is 12.5 Å². The van der Waals surface area contributed by atoms with Crippen molar-refractivity contribution in [3.63, 3.8) is 0 Å². The van der Waals surface area contributed by atoms with Crippen LogP contribution in [0, 0.1) is 0 Å². The van der Waals surface area contributed by atoms with Crippen molar-refractivity contribution >= 4 is 40.8 Å². The predicted molar refractivity (Wildman–Crippen MR) is 133 cm³/mol. The highest BCUT2D eigenvalue weighted by Gasteiger charge is 2.23. The molecule has 0 unspecified atom stereocenters. The summed E-state index contributed by atoms with van der Waals surface area (Å²) in [7, 11) is 1.95. The Morgan fingerprint density at radius 2 is 1.61 bits per heavy atom. The summed E-state index contributed by atoms with van der Waals surface area (Å²) in [5.41, 5.74) is 2.37. The van der Waals surface area contributed by atoms with Gasteiger partial charge in [0, 0.05) is 32.0 Å². The highest BCUT2D eigenvalue weighted by atomic mass is 35.5. The lowest BCUT2D eigenvalue weighted by Gasteiger charge is -2.28. The van der Waals surface area contributed by atoms with E-state index < -0.39 is 6.03 Å². The second-order valence-corrected chi connectivity index (χ2v) is 8.61. The van der Waals surface area contributed by atoms with Crippen LogP contribution >= 0.6 is 23.2 Å². The number of anilines is 1. The van der Waals surface area contributed by atoms with Gasteiger partial charge in [0.25, 0.3) is 0 Å². The average molecular weight is 487 g/mol. The number of aromatic nitrogens is 1. The molecule has 8 heteroatoms. The fourth-order valence-corrected chi connectivity index (χ4v) is 3.97. The van der Waals surface area contributed by atoms with Gasteiger partial charge in [-0.05, 0) is 36.2 Å². The number of halogens is 2. The lowest BCUT2D eigenvalue weighted by molar-refractivity contribution is -0.133. The van der Waals surface area contributed by atoms with Crippen LogP contribution in [-0.4, -0.2) is 39.4 Å². The maximum absolute atomic E-state index is 13.4. The molecule has 0 radical (unpaired) electrons. The molecule has 0 fully saturated rings. The smallest absolute Gasteiger partial charge is 0.322 e. The Kier molecular flexibility index (Phi) is 8.80. The monoisotopic (exact) mass is 486 g/mol. The second-order valence-electron chi connectivity index (χ2n) is 7.79. The predicted octanol–water partition coefficient (Wildman–Crippen LogP) is 5.80. The Balaban J connectivity index is 1.77. The van der Waals surface area contributed by atoms with Gasteiger partial charge in [0.15, 0.2) is 0 Å². The van der Waals surface area contributed by atoms with Crippen LogP contribution in [0.4, 0.5) is 10.5 Å². The van der Waals surface area contributed by atoms with Crippen molar-refractivity contribution in [2.24, 2.45) is 7.05 Å². The molecule has 3 amide bonds. The summed E-state index contributed by atoms with van der Waals surface area (Å²) >= 11 is 12.4. The number of rotatable bonds is 9. The van der Waals surface area contributed by atoms with Gasteiger partial charge in [-0.25, -0.2) is 4.79 Å². The number of urea groups is 1. The zero-order chi connectivity index (χ0) is 23.8. The van der Waals surface area contributed by atoms with Crippen LogP contribution < -0.4 is 5.32 Å². The molecule has 6 nitrogen and oxygen atoms in total. The molecule has 0 aliphatic heterocycles. The fraction of sp³-hybridized carbons (Fsp3) is 0.280. The van der Waals surface area contributed by atoms with E-state index in [1.807, 2.05) is 67.2 Å². The lowest BCUT2D eigenvalue weighted by atomic mass is 10.2. The van der Waals surface area contributed by atoms with Gasteiger partial charge in [-0.15, -0.1) is 0 Å². The van der Waals surface area contributed by atoms with E-state index in [1.54, 1.807) is 23.1 Å². The van der Waals surface area contributed by atoms with E-state index in [0.717, 1.165) is 11.3 Å². The Morgan fingerprint density at radius 1 is 0.909 bits per heavy atom. The molecule has 0 saturated carbocycles. The molecule has 1 aromatic heterocycles. The molecule has 0 aliphatic carbocycles. The number of benzene rings is 2. The summed E-state index contributed by atoms with van der Waals surface area (Å²) in [6.45, 7) is 3.21. The Morgan fingerprint density at radius 3 is 2.21 bits per heavy atom. The number of para-hydroxylation sites is 1. The van der Waals surface area contributed by atoms with Crippen molar-refractivity contribution in [3.05, 3.63) is 88.2 Å². The van der Waals surface area contributed by atoms with Crippen LogP contribution in [0.15, 0.2) is 66.9 Å². The number of nitrogens with one attached hydrogen (secondary N) is 1. The van der Waals surface area contributed by atoms with Crippen molar-refractivity contribution < 1.29 is 9.59 Å². The third-order valence-corrected chi connectivity index (χ3v) is 5.90. The van der Waals surface area contributed by atoms with Crippen molar-refractivity contribution in [3.8, 4) is 0 Å². The zero-order valence-corrected chi connectivity index (χ0v) is 20.3. The number of carbonyl (C=O) groups is 2. The Bertz CT molecular complexity index is 1060. The maximum Gasteiger partial charge on any atom is 0.322 e. The van der Waals surface area contributed by atoms with Gasteiger partial charge >= 0.3 is 6.03 Å². The minimum absolute atomic E-state index is 0.0565. The van der Waals surface area contributed by atoms with E-state index in [1.165, 1.54) is 4.90 Å². The lowest BCUT2D eigenvalue weighted by Crippen LogP contribution is -2.44. The van der Waals surface area contributed by atoms with Crippen LogP contribution in [0.3, 0.4) is 0 Å². The van der Waals surface area contributed by atoms with Crippen LogP contribution in [0.2, 0.25) is 10.0 Å². The van der Waals surface area contributed by atoms with Crippen LogP contribution in [0.5, 0.6) is 0 Å². The highest BCUT2D eigenvalue weighted by molar-refractivity contribution is 6.39. The van der Waals surface area contributed by atoms with E-state index in [0.29, 0.717) is 41.8 Å². The zero-order valence-electron chi connectivity index (χ0n) is 18.8. The van der Waals surface area contributed by atoms with E-state index >= 15 is 0 Å². The molecule has 0 spiro atoms. The molecule has 2 aromatic carbocycles. The number of nitrogens with zero attached hydrogens (tertiary/aromatic N) is 3. The summed E-state index contributed by atoms with van der Waals surface area (Å²) in [5.74, 6) is -0.145. The third-order valence-electron chi connectivity index (χ3n) is 5.27. The second kappa shape index (κ2) is 11.8. The van der Waals surface area contributed by atoms with Crippen LogP contribution in [0.1, 0.15) is 24.6 Å². The molecule has 3 rings (SSSR count). The average Bonchev–Trinajstić information content (AvgIpc) is 3.20. The Labute approximate surface area is 204 Å². The summed E-state index contributed by atoms with van der Waals surface area (Å²) in [4.78, 5) is 29.7. The van der Waals surface area contributed by atoms with Gasteiger partial charge in [0.05, 0.1) is 22.3 Å². The van der Waals surface area contributed by atoms with E-state index in [9.17, 15) is 9.59 Å². The summed E-state index contributed by atoms with van der Waals surface area (Å²) < 4.78 is 1.99.